The molecular weight excluding hydrogens is 240 g/mol. The first-order valence-electron chi connectivity index (χ1n) is 6.64. The quantitative estimate of drug-likeness (QED) is 0.812. The number of hydrogen-bond donors (Lipinski definition) is 1. The van der Waals surface area contributed by atoms with Crippen LogP contribution in [0.15, 0.2) is 30.5 Å². The summed E-state index contributed by atoms with van der Waals surface area (Å²) in [6.45, 7) is 5.58. The molecule has 0 fully saturated rings. The molecule has 0 unspecified atom stereocenters. The van der Waals surface area contributed by atoms with Gasteiger partial charge in [-0.1, -0.05) is 19.1 Å². The molecule has 2 rings (SSSR count). The van der Waals surface area contributed by atoms with Crippen LogP contribution in [0.1, 0.15) is 24.9 Å². The highest BCUT2D eigenvalue weighted by molar-refractivity contribution is 5.37. The fraction of sp³-hybridized carbons (Fsp3) is 0.400. The van der Waals surface area contributed by atoms with E-state index in [0.29, 0.717) is 12.4 Å². The lowest BCUT2D eigenvalue weighted by Gasteiger charge is -2.09. The van der Waals surface area contributed by atoms with E-state index >= 15 is 0 Å². The van der Waals surface area contributed by atoms with Crippen LogP contribution in [-0.2, 0) is 13.0 Å². The molecule has 0 atom stereocenters. The first-order chi connectivity index (χ1) is 9.20. The van der Waals surface area contributed by atoms with Crippen molar-refractivity contribution in [1.29, 1.82) is 0 Å². The minimum Gasteiger partial charge on any atom is -0.504 e. The third kappa shape index (κ3) is 3.50. The van der Waals surface area contributed by atoms with E-state index in [-0.39, 0.29) is 5.75 Å². The van der Waals surface area contributed by atoms with E-state index in [4.69, 9.17) is 4.74 Å². The van der Waals surface area contributed by atoms with E-state index < -0.39 is 0 Å². The molecule has 0 spiro atoms. The molecule has 19 heavy (non-hydrogen) atoms. The monoisotopic (exact) mass is 260 g/mol. The zero-order chi connectivity index (χ0) is 13.7. The maximum atomic E-state index is 9.57. The van der Waals surface area contributed by atoms with Gasteiger partial charge >= 0.3 is 0 Å². The molecule has 0 aliphatic carbocycles. The van der Waals surface area contributed by atoms with Crippen LogP contribution in [0.2, 0.25) is 0 Å². The molecule has 0 amide bonds. The molecule has 0 bridgehead atoms. The Labute approximate surface area is 113 Å². The summed E-state index contributed by atoms with van der Waals surface area (Å²) in [5.41, 5.74) is 1.05. The average molecular weight is 260 g/mol. The molecule has 0 saturated heterocycles. The van der Waals surface area contributed by atoms with Crippen molar-refractivity contribution in [2.75, 3.05) is 6.61 Å². The van der Waals surface area contributed by atoms with Crippen LogP contribution >= 0.6 is 0 Å². The second kappa shape index (κ2) is 6.27. The molecule has 1 aromatic heterocycles. The van der Waals surface area contributed by atoms with Crippen molar-refractivity contribution in [3.63, 3.8) is 0 Å². The molecule has 4 nitrogen and oxygen atoms in total. The molecule has 2 aromatic rings. The standard InChI is InChI=1S/C15H20N2O2/c1-3-15-16-12(2)11-17(15)9-6-10-19-14-8-5-4-7-13(14)18/h4-5,7-8,11,18H,3,6,9-10H2,1-2H3. The number of aromatic hydroxyl groups is 1. The van der Waals surface area contributed by atoms with E-state index in [9.17, 15) is 5.11 Å². The van der Waals surface area contributed by atoms with Crippen LogP contribution in [0.4, 0.5) is 0 Å². The predicted octanol–water partition coefficient (Wildman–Crippen LogP) is 2.93. The van der Waals surface area contributed by atoms with Crippen molar-refractivity contribution in [3.05, 3.63) is 42.0 Å². The van der Waals surface area contributed by atoms with Gasteiger partial charge in [0.2, 0.25) is 0 Å². The number of benzene rings is 1. The molecule has 0 saturated carbocycles. The van der Waals surface area contributed by atoms with Gasteiger partial charge in [-0.25, -0.2) is 4.98 Å². The van der Waals surface area contributed by atoms with Gasteiger partial charge in [-0.15, -0.1) is 0 Å². The second-order valence-electron chi connectivity index (χ2n) is 4.52. The van der Waals surface area contributed by atoms with Gasteiger partial charge < -0.3 is 14.4 Å². The van der Waals surface area contributed by atoms with Crippen LogP contribution in [0, 0.1) is 6.92 Å². The molecule has 4 heteroatoms. The lowest BCUT2D eigenvalue weighted by molar-refractivity contribution is 0.286. The Morgan fingerprint density at radius 2 is 2.11 bits per heavy atom. The summed E-state index contributed by atoms with van der Waals surface area (Å²) < 4.78 is 7.73. The molecule has 0 aliphatic rings. The predicted molar refractivity (Wildman–Crippen MR) is 74.6 cm³/mol. The fourth-order valence-electron chi connectivity index (χ4n) is 2.07. The Morgan fingerprint density at radius 1 is 1.32 bits per heavy atom. The van der Waals surface area contributed by atoms with Gasteiger partial charge in [0.25, 0.3) is 0 Å². The Kier molecular flexibility index (Phi) is 4.44. The molecule has 0 radical (unpaired) electrons. The van der Waals surface area contributed by atoms with Gasteiger partial charge in [0.15, 0.2) is 11.5 Å². The number of aromatic nitrogens is 2. The van der Waals surface area contributed by atoms with Crippen molar-refractivity contribution in [3.8, 4) is 11.5 Å². The largest absolute Gasteiger partial charge is 0.504 e. The number of aryl methyl sites for hydroxylation is 3. The molecular formula is C15H20N2O2. The summed E-state index contributed by atoms with van der Waals surface area (Å²) in [4.78, 5) is 4.46. The van der Waals surface area contributed by atoms with Gasteiger partial charge in [-0.05, 0) is 25.5 Å². The molecule has 102 valence electrons. The number of phenols is 1. The maximum absolute atomic E-state index is 9.57. The zero-order valence-electron chi connectivity index (χ0n) is 11.5. The SMILES string of the molecule is CCc1nc(C)cn1CCCOc1ccccc1O. The first kappa shape index (κ1) is 13.5. The molecule has 0 aliphatic heterocycles. The van der Waals surface area contributed by atoms with Crippen LogP contribution in [-0.4, -0.2) is 21.3 Å². The van der Waals surface area contributed by atoms with Crippen molar-refractivity contribution < 1.29 is 9.84 Å². The van der Waals surface area contributed by atoms with Crippen LogP contribution in [0.3, 0.4) is 0 Å². The highest BCUT2D eigenvalue weighted by atomic mass is 16.5. The van der Waals surface area contributed by atoms with Crippen molar-refractivity contribution in [2.24, 2.45) is 0 Å². The highest BCUT2D eigenvalue weighted by Gasteiger charge is 2.04. The first-order valence-corrected chi connectivity index (χ1v) is 6.64. The Morgan fingerprint density at radius 3 is 2.84 bits per heavy atom. The van der Waals surface area contributed by atoms with Crippen molar-refractivity contribution in [1.82, 2.24) is 9.55 Å². The van der Waals surface area contributed by atoms with Gasteiger partial charge in [-0.3, -0.25) is 0 Å². The summed E-state index contributed by atoms with van der Waals surface area (Å²) in [6.07, 6.45) is 3.89. The summed E-state index contributed by atoms with van der Waals surface area (Å²) in [7, 11) is 0. The summed E-state index contributed by atoms with van der Waals surface area (Å²) in [5.74, 6) is 1.84. The van der Waals surface area contributed by atoms with Gasteiger partial charge in [-0.2, -0.15) is 0 Å². The summed E-state index contributed by atoms with van der Waals surface area (Å²) in [5, 5.41) is 9.57. The van der Waals surface area contributed by atoms with Crippen molar-refractivity contribution >= 4 is 0 Å². The number of ether oxygens (including phenoxy) is 1. The summed E-state index contributed by atoms with van der Waals surface area (Å²) in [6, 6.07) is 7.03. The van der Waals surface area contributed by atoms with Gasteiger partial charge in [0, 0.05) is 19.2 Å². The zero-order valence-corrected chi connectivity index (χ0v) is 11.5. The average Bonchev–Trinajstić information content (AvgIpc) is 2.77. The van der Waals surface area contributed by atoms with Crippen LogP contribution in [0.25, 0.3) is 0 Å². The van der Waals surface area contributed by atoms with E-state index in [1.165, 1.54) is 0 Å². The van der Waals surface area contributed by atoms with Gasteiger partial charge in [0.1, 0.15) is 5.82 Å². The Balaban J connectivity index is 1.82. The number of phenolic OH excluding ortho intramolecular Hbond substituents is 1. The number of para-hydroxylation sites is 2. The minimum absolute atomic E-state index is 0.190. The van der Waals surface area contributed by atoms with E-state index in [0.717, 1.165) is 30.9 Å². The Hall–Kier alpha value is -1.97. The van der Waals surface area contributed by atoms with E-state index in [1.54, 1.807) is 18.2 Å². The number of nitrogens with zero attached hydrogens (tertiary/aromatic N) is 2. The Bertz CT molecular complexity index is 535. The topological polar surface area (TPSA) is 47.3 Å². The highest BCUT2D eigenvalue weighted by Crippen LogP contribution is 2.24. The molecule has 1 aromatic carbocycles. The molecule has 1 heterocycles. The smallest absolute Gasteiger partial charge is 0.160 e. The lowest BCUT2D eigenvalue weighted by atomic mass is 10.3. The maximum Gasteiger partial charge on any atom is 0.160 e. The number of hydrogen-bond acceptors (Lipinski definition) is 3. The van der Waals surface area contributed by atoms with E-state index in [1.807, 2.05) is 13.0 Å². The summed E-state index contributed by atoms with van der Waals surface area (Å²) >= 11 is 0. The van der Waals surface area contributed by atoms with Crippen LogP contribution < -0.4 is 4.74 Å². The third-order valence-corrected chi connectivity index (χ3v) is 2.96. The number of imidazole rings is 1. The van der Waals surface area contributed by atoms with Gasteiger partial charge in [0.05, 0.1) is 12.3 Å². The molecule has 1 N–H and O–H groups in total. The van der Waals surface area contributed by atoms with Crippen LogP contribution in [0.5, 0.6) is 11.5 Å². The normalized spacial score (nSPS) is 10.6. The minimum atomic E-state index is 0.190. The van der Waals surface area contributed by atoms with Crippen molar-refractivity contribution in [2.45, 2.75) is 33.2 Å². The van der Waals surface area contributed by atoms with E-state index in [2.05, 4.69) is 22.7 Å². The lowest BCUT2D eigenvalue weighted by Crippen LogP contribution is -2.06. The number of rotatable bonds is 6. The fourth-order valence-corrected chi connectivity index (χ4v) is 2.07. The third-order valence-electron chi connectivity index (χ3n) is 2.96. The second-order valence-corrected chi connectivity index (χ2v) is 4.52.